The van der Waals surface area contributed by atoms with Gasteiger partial charge in [0, 0.05) is 24.7 Å². The SMILES string of the molecule is CCNC(=NCc1ccc(CN(C)C)cc1)NCc1ccccc1Cl.I. The van der Waals surface area contributed by atoms with Gasteiger partial charge in [-0.3, -0.25) is 0 Å². The molecule has 0 aromatic heterocycles. The number of aliphatic imine (C=N–C) groups is 1. The minimum atomic E-state index is 0. The number of halogens is 2. The molecule has 4 nitrogen and oxygen atoms in total. The molecular weight excluding hydrogens is 459 g/mol. The predicted octanol–water partition coefficient (Wildman–Crippen LogP) is 4.27. The van der Waals surface area contributed by atoms with E-state index in [1.807, 2.05) is 24.3 Å². The summed E-state index contributed by atoms with van der Waals surface area (Å²) in [6.07, 6.45) is 0. The Morgan fingerprint density at radius 1 is 1.00 bits per heavy atom. The van der Waals surface area contributed by atoms with E-state index in [-0.39, 0.29) is 24.0 Å². The van der Waals surface area contributed by atoms with Gasteiger partial charge < -0.3 is 15.5 Å². The van der Waals surface area contributed by atoms with Crippen molar-refractivity contribution in [3.8, 4) is 0 Å². The standard InChI is InChI=1S/C20H27ClN4.HI/c1-4-22-20(24-14-18-7-5-6-8-19(18)21)23-13-16-9-11-17(12-10-16)15-25(2)3;/h5-12H,4,13-15H2,1-3H3,(H2,22,23,24);1H. The number of hydrogen-bond acceptors (Lipinski definition) is 2. The number of benzene rings is 2. The molecule has 6 heteroatoms. The van der Waals surface area contributed by atoms with Crippen LogP contribution >= 0.6 is 35.6 Å². The summed E-state index contributed by atoms with van der Waals surface area (Å²) < 4.78 is 0. The summed E-state index contributed by atoms with van der Waals surface area (Å²) in [7, 11) is 4.15. The van der Waals surface area contributed by atoms with Gasteiger partial charge in [0.2, 0.25) is 0 Å². The molecule has 2 aromatic carbocycles. The van der Waals surface area contributed by atoms with Crippen LogP contribution in [0.25, 0.3) is 0 Å². The van der Waals surface area contributed by atoms with Crippen molar-refractivity contribution in [2.45, 2.75) is 26.6 Å². The van der Waals surface area contributed by atoms with Crippen LogP contribution in [0.5, 0.6) is 0 Å². The van der Waals surface area contributed by atoms with E-state index in [4.69, 9.17) is 11.6 Å². The smallest absolute Gasteiger partial charge is 0.191 e. The molecule has 142 valence electrons. The molecule has 0 amide bonds. The van der Waals surface area contributed by atoms with Crippen molar-refractivity contribution in [2.24, 2.45) is 4.99 Å². The van der Waals surface area contributed by atoms with Crippen LogP contribution in [0, 0.1) is 0 Å². The Morgan fingerprint density at radius 3 is 2.27 bits per heavy atom. The van der Waals surface area contributed by atoms with Crippen molar-refractivity contribution in [3.05, 3.63) is 70.2 Å². The van der Waals surface area contributed by atoms with Crippen LogP contribution in [0.4, 0.5) is 0 Å². The zero-order valence-corrected chi connectivity index (χ0v) is 18.7. The fraction of sp³-hybridized carbons (Fsp3) is 0.350. The second-order valence-electron chi connectivity index (χ2n) is 6.19. The molecule has 0 saturated carbocycles. The van der Waals surface area contributed by atoms with Gasteiger partial charge >= 0.3 is 0 Å². The molecule has 0 aliphatic rings. The molecule has 2 aromatic rings. The van der Waals surface area contributed by atoms with E-state index in [1.54, 1.807) is 0 Å². The van der Waals surface area contributed by atoms with Crippen molar-refractivity contribution in [2.75, 3.05) is 20.6 Å². The predicted molar refractivity (Wildman–Crippen MR) is 122 cm³/mol. The number of hydrogen-bond donors (Lipinski definition) is 2. The molecule has 0 bridgehead atoms. The fourth-order valence-electron chi connectivity index (χ4n) is 2.45. The van der Waals surface area contributed by atoms with Gasteiger partial charge in [0.25, 0.3) is 0 Å². The van der Waals surface area contributed by atoms with Crippen LogP contribution < -0.4 is 10.6 Å². The van der Waals surface area contributed by atoms with Gasteiger partial charge in [0.15, 0.2) is 5.96 Å². The van der Waals surface area contributed by atoms with E-state index in [2.05, 4.69) is 65.8 Å². The molecule has 0 heterocycles. The highest BCUT2D eigenvalue weighted by molar-refractivity contribution is 14.0. The highest BCUT2D eigenvalue weighted by Gasteiger charge is 2.02. The normalized spacial score (nSPS) is 11.2. The molecule has 0 radical (unpaired) electrons. The summed E-state index contributed by atoms with van der Waals surface area (Å²) in [4.78, 5) is 6.82. The Bertz CT molecular complexity index is 686. The molecular formula is C20H28ClIN4. The Labute approximate surface area is 179 Å². The van der Waals surface area contributed by atoms with Crippen molar-refractivity contribution < 1.29 is 0 Å². The summed E-state index contributed by atoms with van der Waals surface area (Å²) in [5.74, 6) is 0.791. The number of guanidine groups is 1. The molecule has 2 N–H and O–H groups in total. The summed E-state index contributed by atoms with van der Waals surface area (Å²) in [6.45, 7) is 5.11. The van der Waals surface area contributed by atoms with E-state index in [0.717, 1.165) is 29.6 Å². The van der Waals surface area contributed by atoms with E-state index in [1.165, 1.54) is 11.1 Å². The topological polar surface area (TPSA) is 39.7 Å². The zero-order valence-electron chi connectivity index (χ0n) is 15.6. The molecule has 0 aliphatic carbocycles. The largest absolute Gasteiger partial charge is 0.357 e. The van der Waals surface area contributed by atoms with Crippen LogP contribution in [0.2, 0.25) is 5.02 Å². The second kappa shape index (κ2) is 12.1. The van der Waals surface area contributed by atoms with Gasteiger partial charge in [-0.05, 0) is 43.8 Å². The monoisotopic (exact) mass is 486 g/mol. The summed E-state index contributed by atoms with van der Waals surface area (Å²) in [5, 5.41) is 7.37. The average Bonchev–Trinajstić information content (AvgIpc) is 2.59. The van der Waals surface area contributed by atoms with Gasteiger partial charge in [-0.2, -0.15) is 0 Å². The maximum Gasteiger partial charge on any atom is 0.191 e. The van der Waals surface area contributed by atoms with Gasteiger partial charge in [-0.1, -0.05) is 54.1 Å². The number of nitrogens with one attached hydrogen (secondary N) is 2. The molecule has 0 spiro atoms. The lowest BCUT2D eigenvalue weighted by Crippen LogP contribution is -2.36. The molecule has 2 rings (SSSR count). The highest BCUT2D eigenvalue weighted by atomic mass is 127. The summed E-state index contributed by atoms with van der Waals surface area (Å²) >= 11 is 6.20. The van der Waals surface area contributed by atoms with Crippen molar-refractivity contribution in [3.63, 3.8) is 0 Å². The quantitative estimate of drug-likeness (QED) is 0.349. The van der Waals surface area contributed by atoms with Crippen LogP contribution in [0.15, 0.2) is 53.5 Å². The van der Waals surface area contributed by atoms with Crippen molar-refractivity contribution >= 4 is 41.5 Å². The van der Waals surface area contributed by atoms with Gasteiger partial charge in [-0.15, -0.1) is 24.0 Å². The molecule has 0 unspecified atom stereocenters. The maximum atomic E-state index is 6.20. The zero-order chi connectivity index (χ0) is 18.1. The third-order valence-corrected chi connectivity index (χ3v) is 4.06. The first-order valence-corrected chi connectivity index (χ1v) is 8.94. The number of rotatable bonds is 7. The van der Waals surface area contributed by atoms with Crippen LogP contribution in [-0.4, -0.2) is 31.5 Å². The fourth-order valence-corrected chi connectivity index (χ4v) is 2.65. The van der Waals surface area contributed by atoms with Gasteiger partial charge in [0.1, 0.15) is 0 Å². The average molecular weight is 487 g/mol. The first kappa shape index (κ1) is 22.7. The molecule has 26 heavy (non-hydrogen) atoms. The first-order chi connectivity index (χ1) is 12.1. The Morgan fingerprint density at radius 2 is 1.65 bits per heavy atom. The van der Waals surface area contributed by atoms with Gasteiger partial charge in [0.05, 0.1) is 6.54 Å². The van der Waals surface area contributed by atoms with E-state index in [9.17, 15) is 0 Å². The van der Waals surface area contributed by atoms with E-state index < -0.39 is 0 Å². The second-order valence-corrected chi connectivity index (χ2v) is 6.60. The molecule has 0 aliphatic heterocycles. The van der Waals surface area contributed by atoms with Crippen LogP contribution in [0.1, 0.15) is 23.6 Å². The Kier molecular flexibility index (Phi) is 10.6. The minimum absolute atomic E-state index is 0. The van der Waals surface area contributed by atoms with Crippen LogP contribution in [-0.2, 0) is 19.6 Å². The first-order valence-electron chi connectivity index (χ1n) is 8.56. The Hall–Kier alpha value is -1.31. The summed E-state index contributed by atoms with van der Waals surface area (Å²) in [6, 6.07) is 16.4. The van der Waals surface area contributed by atoms with Crippen LogP contribution in [0.3, 0.4) is 0 Å². The molecule has 0 fully saturated rings. The molecule has 0 atom stereocenters. The third-order valence-electron chi connectivity index (χ3n) is 3.69. The highest BCUT2D eigenvalue weighted by Crippen LogP contribution is 2.14. The third kappa shape index (κ3) is 7.93. The van der Waals surface area contributed by atoms with Gasteiger partial charge in [-0.25, -0.2) is 4.99 Å². The Balaban J connectivity index is 0.00000338. The molecule has 0 saturated heterocycles. The number of nitrogens with zero attached hydrogens (tertiary/aromatic N) is 2. The lowest BCUT2D eigenvalue weighted by atomic mass is 10.1. The van der Waals surface area contributed by atoms with E-state index in [0.29, 0.717) is 13.1 Å². The lowest BCUT2D eigenvalue weighted by molar-refractivity contribution is 0.402. The van der Waals surface area contributed by atoms with Crippen molar-refractivity contribution in [1.29, 1.82) is 0 Å². The summed E-state index contributed by atoms with van der Waals surface area (Å²) in [5.41, 5.74) is 3.56. The minimum Gasteiger partial charge on any atom is -0.357 e. The van der Waals surface area contributed by atoms with Crippen molar-refractivity contribution in [1.82, 2.24) is 15.5 Å². The lowest BCUT2D eigenvalue weighted by Gasteiger charge is -2.12. The maximum absolute atomic E-state index is 6.20. The van der Waals surface area contributed by atoms with E-state index >= 15 is 0 Å².